The van der Waals surface area contributed by atoms with Crippen LogP contribution < -0.4 is 10.7 Å². The van der Waals surface area contributed by atoms with Crippen LogP contribution in [0.25, 0.3) is 11.0 Å². The quantitative estimate of drug-likeness (QED) is 0.794. The third-order valence-electron chi connectivity index (χ3n) is 5.46. The van der Waals surface area contributed by atoms with Gasteiger partial charge in [-0.05, 0) is 70.8 Å². The van der Waals surface area contributed by atoms with Gasteiger partial charge in [-0.2, -0.15) is 0 Å². The van der Waals surface area contributed by atoms with Gasteiger partial charge in [0.2, 0.25) is 5.43 Å². The molecule has 3 rings (SSSR count). The minimum atomic E-state index is -0.294. The summed E-state index contributed by atoms with van der Waals surface area (Å²) in [4.78, 5) is 32.2. The molecule has 6 nitrogen and oxygen atoms in total. The molecule has 146 valence electrons. The van der Waals surface area contributed by atoms with E-state index in [9.17, 15) is 9.59 Å². The lowest BCUT2D eigenvalue weighted by atomic mass is 9.99. The van der Waals surface area contributed by atoms with E-state index in [2.05, 4.69) is 22.1 Å². The van der Waals surface area contributed by atoms with Crippen LogP contribution in [0.2, 0.25) is 0 Å². The van der Waals surface area contributed by atoms with Crippen LogP contribution in [0.15, 0.2) is 23.1 Å². The van der Waals surface area contributed by atoms with Gasteiger partial charge in [-0.1, -0.05) is 6.92 Å². The van der Waals surface area contributed by atoms with Gasteiger partial charge in [-0.25, -0.2) is 4.98 Å². The average Bonchev–Trinajstić information content (AvgIpc) is 2.66. The van der Waals surface area contributed by atoms with Crippen molar-refractivity contribution >= 4 is 16.9 Å². The standard InChI is InChI=1S/C21H30N4O2/c1-4-25-14-18(19(26)17-7-6-16(3)23-20(17)25)21(27)22-10-5-11-24-12-8-15(2)9-13-24/h6-7,14-15H,4-5,8-13H2,1-3H3,(H,22,27). The van der Waals surface area contributed by atoms with E-state index in [1.807, 2.05) is 24.5 Å². The van der Waals surface area contributed by atoms with Crippen LogP contribution in [0, 0.1) is 12.8 Å². The number of hydrogen-bond acceptors (Lipinski definition) is 4. The number of nitrogens with zero attached hydrogens (tertiary/aromatic N) is 3. The molecular weight excluding hydrogens is 340 g/mol. The zero-order chi connectivity index (χ0) is 19.4. The second-order valence-corrected chi connectivity index (χ2v) is 7.62. The Morgan fingerprint density at radius 3 is 2.74 bits per heavy atom. The van der Waals surface area contributed by atoms with E-state index < -0.39 is 0 Å². The highest BCUT2D eigenvalue weighted by atomic mass is 16.2. The Hall–Kier alpha value is -2.21. The minimum absolute atomic E-state index is 0.196. The lowest BCUT2D eigenvalue weighted by Crippen LogP contribution is -2.36. The van der Waals surface area contributed by atoms with E-state index in [1.165, 1.54) is 12.8 Å². The number of aromatic nitrogens is 2. The summed E-state index contributed by atoms with van der Waals surface area (Å²) in [5.41, 5.74) is 1.44. The van der Waals surface area contributed by atoms with E-state index in [0.717, 1.165) is 37.7 Å². The number of nitrogens with one attached hydrogen (secondary N) is 1. The molecule has 27 heavy (non-hydrogen) atoms. The Morgan fingerprint density at radius 1 is 1.30 bits per heavy atom. The van der Waals surface area contributed by atoms with Gasteiger partial charge in [0.15, 0.2) is 0 Å². The number of fused-ring (bicyclic) bond motifs is 1. The second kappa shape index (κ2) is 8.65. The normalized spacial score (nSPS) is 16.0. The fraction of sp³-hybridized carbons (Fsp3) is 0.571. The number of amides is 1. The molecule has 0 spiro atoms. The van der Waals surface area contributed by atoms with Gasteiger partial charge < -0.3 is 14.8 Å². The Kier molecular flexibility index (Phi) is 6.26. The number of piperidine rings is 1. The summed E-state index contributed by atoms with van der Waals surface area (Å²) in [7, 11) is 0. The number of pyridine rings is 2. The van der Waals surface area contributed by atoms with Crippen molar-refractivity contribution < 1.29 is 4.79 Å². The molecular formula is C21H30N4O2. The Morgan fingerprint density at radius 2 is 2.04 bits per heavy atom. The first-order valence-electron chi connectivity index (χ1n) is 10.0. The van der Waals surface area contributed by atoms with E-state index in [4.69, 9.17) is 0 Å². The van der Waals surface area contributed by atoms with Gasteiger partial charge in [0.05, 0.1) is 5.39 Å². The molecule has 0 bridgehead atoms. The van der Waals surface area contributed by atoms with Crippen LogP contribution in [-0.4, -0.2) is 46.5 Å². The van der Waals surface area contributed by atoms with E-state index in [0.29, 0.717) is 24.1 Å². The fourth-order valence-corrected chi connectivity index (χ4v) is 3.65. The molecule has 0 saturated carbocycles. The van der Waals surface area contributed by atoms with Crippen LogP contribution >= 0.6 is 0 Å². The maximum atomic E-state index is 12.7. The molecule has 0 aromatic carbocycles. The highest BCUT2D eigenvalue weighted by Crippen LogP contribution is 2.15. The van der Waals surface area contributed by atoms with Crippen LogP contribution in [0.3, 0.4) is 0 Å². The molecule has 1 aliphatic heterocycles. The van der Waals surface area contributed by atoms with Gasteiger partial charge >= 0.3 is 0 Å². The molecule has 1 saturated heterocycles. The molecule has 3 heterocycles. The Bertz CT molecular complexity index is 866. The predicted octanol–water partition coefficient (Wildman–Crippen LogP) is 2.58. The summed E-state index contributed by atoms with van der Waals surface area (Å²) in [5, 5.41) is 3.41. The monoisotopic (exact) mass is 370 g/mol. The number of carbonyl (C=O) groups excluding carboxylic acids is 1. The van der Waals surface area contributed by atoms with Gasteiger partial charge in [0.25, 0.3) is 5.91 Å². The number of likely N-dealkylation sites (tertiary alicyclic amines) is 1. The summed E-state index contributed by atoms with van der Waals surface area (Å²) >= 11 is 0. The molecule has 0 unspecified atom stereocenters. The number of carbonyl (C=O) groups is 1. The molecule has 2 aromatic heterocycles. The first-order chi connectivity index (χ1) is 13.0. The molecule has 0 aliphatic carbocycles. The van der Waals surface area contributed by atoms with Gasteiger partial charge in [0.1, 0.15) is 11.2 Å². The Balaban J connectivity index is 1.64. The smallest absolute Gasteiger partial charge is 0.256 e. The topological polar surface area (TPSA) is 67.2 Å². The minimum Gasteiger partial charge on any atom is -0.352 e. The van der Waals surface area contributed by atoms with Crippen molar-refractivity contribution in [2.45, 2.75) is 46.6 Å². The third kappa shape index (κ3) is 4.56. The van der Waals surface area contributed by atoms with Gasteiger partial charge in [0, 0.05) is 25.0 Å². The largest absolute Gasteiger partial charge is 0.352 e. The van der Waals surface area contributed by atoms with Gasteiger partial charge in [-0.15, -0.1) is 0 Å². The molecule has 1 fully saturated rings. The van der Waals surface area contributed by atoms with Crippen LogP contribution in [-0.2, 0) is 6.54 Å². The van der Waals surface area contributed by atoms with Crippen molar-refractivity contribution in [2.24, 2.45) is 5.92 Å². The summed E-state index contributed by atoms with van der Waals surface area (Å²) in [6.07, 6.45) is 5.05. The van der Waals surface area contributed by atoms with Crippen LogP contribution in [0.5, 0.6) is 0 Å². The summed E-state index contributed by atoms with van der Waals surface area (Å²) in [6.45, 7) is 10.7. The maximum absolute atomic E-state index is 12.7. The second-order valence-electron chi connectivity index (χ2n) is 7.62. The fourth-order valence-electron chi connectivity index (χ4n) is 3.65. The molecule has 0 atom stereocenters. The molecule has 2 aromatic rings. The number of rotatable bonds is 6. The van der Waals surface area contributed by atoms with Crippen molar-refractivity contribution in [1.29, 1.82) is 0 Å². The van der Waals surface area contributed by atoms with E-state index >= 15 is 0 Å². The summed E-state index contributed by atoms with van der Waals surface area (Å²) < 4.78 is 1.87. The first-order valence-corrected chi connectivity index (χ1v) is 10.0. The predicted molar refractivity (Wildman–Crippen MR) is 108 cm³/mol. The first kappa shape index (κ1) is 19.5. The third-order valence-corrected chi connectivity index (χ3v) is 5.46. The summed E-state index contributed by atoms with van der Waals surface area (Å²) in [6, 6.07) is 3.57. The molecule has 0 radical (unpaired) electrons. The maximum Gasteiger partial charge on any atom is 0.256 e. The molecule has 1 N–H and O–H groups in total. The van der Waals surface area contributed by atoms with Crippen molar-refractivity contribution in [3.8, 4) is 0 Å². The van der Waals surface area contributed by atoms with E-state index in [-0.39, 0.29) is 16.9 Å². The van der Waals surface area contributed by atoms with Crippen molar-refractivity contribution in [3.05, 3.63) is 39.8 Å². The summed E-state index contributed by atoms with van der Waals surface area (Å²) in [5.74, 6) is 0.532. The zero-order valence-corrected chi connectivity index (χ0v) is 16.6. The lowest BCUT2D eigenvalue weighted by Gasteiger charge is -2.30. The molecule has 6 heteroatoms. The number of hydrogen-bond donors (Lipinski definition) is 1. The highest BCUT2D eigenvalue weighted by molar-refractivity contribution is 5.96. The van der Waals surface area contributed by atoms with Crippen LogP contribution in [0.4, 0.5) is 0 Å². The van der Waals surface area contributed by atoms with E-state index in [1.54, 1.807) is 12.3 Å². The van der Waals surface area contributed by atoms with Gasteiger partial charge in [-0.3, -0.25) is 9.59 Å². The van der Waals surface area contributed by atoms with Crippen molar-refractivity contribution in [2.75, 3.05) is 26.2 Å². The highest BCUT2D eigenvalue weighted by Gasteiger charge is 2.17. The lowest BCUT2D eigenvalue weighted by molar-refractivity contribution is 0.0949. The number of aryl methyl sites for hydroxylation is 2. The average molecular weight is 370 g/mol. The zero-order valence-electron chi connectivity index (χ0n) is 16.6. The Labute approximate surface area is 160 Å². The molecule has 1 aliphatic rings. The SMILES string of the molecule is CCn1cc(C(=O)NCCCN2CCC(C)CC2)c(=O)c2ccc(C)nc21. The van der Waals surface area contributed by atoms with Crippen molar-refractivity contribution in [3.63, 3.8) is 0 Å². The van der Waals surface area contributed by atoms with Crippen LogP contribution in [0.1, 0.15) is 49.2 Å². The van der Waals surface area contributed by atoms with Crippen molar-refractivity contribution in [1.82, 2.24) is 19.8 Å². The molecule has 1 amide bonds.